The molecule has 5 N–H and O–H groups in total. The number of nitrogens with two attached hydrogens (primary N) is 2. The second-order valence-corrected chi connectivity index (χ2v) is 9.47. The molecule has 0 radical (unpaired) electrons. The van der Waals surface area contributed by atoms with E-state index in [1.165, 1.54) is 6.39 Å². The summed E-state index contributed by atoms with van der Waals surface area (Å²) in [6, 6.07) is 14.4. The number of nitrogens with zero attached hydrogens (tertiary/aromatic N) is 2. The number of carbonyl (C=O) groups is 3. The van der Waals surface area contributed by atoms with E-state index >= 15 is 0 Å². The number of anilines is 1. The lowest BCUT2D eigenvalue weighted by Gasteiger charge is -2.27. The zero-order valence-corrected chi connectivity index (χ0v) is 19.8. The Hall–Kier alpha value is -3.98. The van der Waals surface area contributed by atoms with E-state index in [0.29, 0.717) is 30.7 Å². The molecule has 1 aliphatic heterocycles. The number of carbonyl (C=O) groups excluding carboxylic acids is 3. The van der Waals surface area contributed by atoms with Gasteiger partial charge in [0, 0.05) is 23.2 Å². The molecule has 0 unspecified atom stereocenters. The quantitative estimate of drug-likeness (QED) is 0.479. The van der Waals surface area contributed by atoms with Crippen LogP contribution in [0.1, 0.15) is 48.3 Å². The van der Waals surface area contributed by atoms with Crippen molar-refractivity contribution < 1.29 is 18.8 Å². The molecule has 0 spiro atoms. The number of hydrogen-bond donors (Lipinski definition) is 3. The van der Waals surface area contributed by atoms with Gasteiger partial charge in [-0.3, -0.25) is 14.4 Å². The summed E-state index contributed by atoms with van der Waals surface area (Å²) in [7, 11) is 0. The second-order valence-electron chi connectivity index (χ2n) is 9.47. The minimum absolute atomic E-state index is 0.0635. The first-order chi connectivity index (χ1) is 16.6. The van der Waals surface area contributed by atoms with Gasteiger partial charge in [-0.25, -0.2) is 4.98 Å². The lowest BCUT2D eigenvalue weighted by Crippen LogP contribution is -2.49. The van der Waals surface area contributed by atoms with E-state index in [1.54, 1.807) is 30.9 Å². The normalized spacial score (nSPS) is 15.9. The maximum atomic E-state index is 13.6. The maximum absolute atomic E-state index is 13.6. The van der Waals surface area contributed by atoms with Crippen molar-refractivity contribution in [3.05, 3.63) is 71.7 Å². The van der Waals surface area contributed by atoms with E-state index in [4.69, 9.17) is 15.9 Å². The third-order valence-corrected chi connectivity index (χ3v) is 5.86. The van der Waals surface area contributed by atoms with Crippen LogP contribution in [0.4, 0.5) is 5.69 Å². The molecular formula is C26H29N5O4. The van der Waals surface area contributed by atoms with Crippen molar-refractivity contribution in [2.24, 2.45) is 11.5 Å². The number of hydrogen-bond acceptors (Lipinski definition) is 6. The Kier molecular flexibility index (Phi) is 6.70. The van der Waals surface area contributed by atoms with E-state index in [1.807, 2.05) is 36.4 Å². The Morgan fingerprint density at radius 1 is 1.17 bits per heavy atom. The van der Waals surface area contributed by atoms with Crippen molar-refractivity contribution >= 4 is 23.4 Å². The van der Waals surface area contributed by atoms with Crippen molar-refractivity contribution in [2.45, 2.75) is 51.2 Å². The zero-order chi connectivity index (χ0) is 25.2. The Morgan fingerprint density at radius 3 is 2.57 bits per heavy atom. The third kappa shape index (κ3) is 5.58. The maximum Gasteiger partial charge on any atom is 0.271 e. The molecule has 1 aliphatic rings. The fourth-order valence-electron chi connectivity index (χ4n) is 4.24. The lowest BCUT2D eigenvalue weighted by atomic mass is 10.0. The number of fused-ring (bicyclic) bond motifs is 1. The van der Waals surface area contributed by atoms with Crippen LogP contribution in [-0.4, -0.2) is 34.3 Å². The van der Waals surface area contributed by atoms with Gasteiger partial charge < -0.3 is 26.1 Å². The molecule has 9 heteroatoms. The molecule has 2 aromatic carbocycles. The van der Waals surface area contributed by atoms with Crippen LogP contribution < -0.4 is 21.7 Å². The molecule has 0 fully saturated rings. The average molecular weight is 476 g/mol. The van der Waals surface area contributed by atoms with Crippen molar-refractivity contribution in [1.29, 1.82) is 0 Å². The Labute approximate surface area is 203 Å². The summed E-state index contributed by atoms with van der Waals surface area (Å²) in [6.07, 6.45) is 2.47. The molecule has 182 valence electrons. The first-order valence-electron chi connectivity index (χ1n) is 11.4. The molecule has 9 nitrogen and oxygen atoms in total. The summed E-state index contributed by atoms with van der Waals surface area (Å²) in [5, 5.41) is 2.89. The lowest BCUT2D eigenvalue weighted by molar-refractivity contribution is -0.128. The molecule has 35 heavy (non-hydrogen) atoms. The number of para-hydroxylation sites is 1. The number of benzene rings is 2. The predicted molar refractivity (Wildman–Crippen MR) is 131 cm³/mol. The summed E-state index contributed by atoms with van der Waals surface area (Å²) in [5.41, 5.74) is 14.1. The Morgan fingerprint density at radius 2 is 1.89 bits per heavy atom. The zero-order valence-electron chi connectivity index (χ0n) is 19.8. The van der Waals surface area contributed by atoms with Gasteiger partial charge >= 0.3 is 0 Å². The van der Waals surface area contributed by atoms with Crippen molar-refractivity contribution in [3.8, 4) is 11.3 Å². The molecule has 2 heterocycles. The molecule has 0 saturated carbocycles. The van der Waals surface area contributed by atoms with Crippen molar-refractivity contribution in [3.63, 3.8) is 0 Å². The van der Waals surface area contributed by atoms with Crippen LogP contribution in [0.3, 0.4) is 0 Å². The fourth-order valence-corrected chi connectivity index (χ4v) is 4.24. The van der Waals surface area contributed by atoms with Crippen LogP contribution in [0.5, 0.6) is 0 Å². The fraction of sp³-hybridized carbons (Fsp3) is 0.308. The van der Waals surface area contributed by atoms with Gasteiger partial charge in [0.05, 0.1) is 6.54 Å². The van der Waals surface area contributed by atoms with Crippen molar-refractivity contribution in [2.75, 3.05) is 4.90 Å². The van der Waals surface area contributed by atoms with Gasteiger partial charge in [-0.2, -0.15) is 0 Å². The van der Waals surface area contributed by atoms with Crippen LogP contribution >= 0.6 is 0 Å². The van der Waals surface area contributed by atoms with Gasteiger partial charge in [-0.15, -0.1) is 0 Å². The molecule has 0 bridgehead atoms. The molecular weight excluding hydrogens is 446 g/mol. The number of primary amides is 1. The number of amides is 3. The summed E-state index contributed by atoms with van der Waals surface area (Å²) in [5.74, 6) is -0.793. The Bertz CT molecular complexity index is 1240. The highest BCUT2D eigenvalue weighted by Crippen LogP contribution is 2.30. The Balaban J connectivity index is 1.58. The van der Waals surface area contributed by atoms with Gasteiger partial charge in [0.15, 0.2) is 17.8 Å². The summed E-state index contributed by atoms with van der Waals surface area (Å²) < 4.78 is 5.34. The van der Waals surface area contributed by atoms with E-state index in [9.17, 15) is 14.4 Å². The number of oxazole rings is 1. The molecule has 1 aromatic heterocycles. The topological polar surface area (TPSA) is 145 Å². The van der Waals surface area contributed by atoms with Crippen LogP contribution in [0.25, 0.3) is 11.3 Å². The minimum Gasteiger partial charge on any atom is -0.443 e. The monoisotopic (exact) mass is 475 g/mol. The molecule has 0 aliphatic carbocycles. The SMILES string of the molecule is CC(C)(N)CC(=O)N[C@@H]1CCc2ccccc2N(Cc2ccc(-c3ocnc3C(N)=O)cc2)C1=O. The smallest absolute Gasteiger partial charge is 0.271 e. The molecule has 3 aromatic rings. The largest absolute Gasteiger partial charge is 0.443 e. The van der Waals surface area contributed by atoms with Gasteiger partial charge in [0.1, 0.15) is 6.04 Å². The molecule has 0 saturated heterocycles. The number of aromatic nitrogens is 1. The highest BCUT2D eigenvalue weighted by atomic mass is 16.3. The minimum atomic E-state index is -0.671. The molecule has 3 amide bonds. The van der Waals surface area contributed by atoms with Crippen LogP contribution in [0, 0.1) is 0 Å². The molecule has 4 rings (SSSR count). The van der Waals surface area contributed by atoms with E-state index < -0.39 is 17.5 Å². The van der Waals surface area contributed by atoms with Crippen LogP contribution in [0.2, 0.25) is 0 Å². The number of rotatable bonds is 7. The number of nitrogens with one attached hydrogen (secondary N) is 1. The second kappa shape index (κ2) is 9.71. The van der Waals surface area contributed by atoms with Crippen LogP contribution in [0.15, 0.2) is 59.3 Å². The van der Waals surface area contributed by atoms with E-state index in [0.717, 1.165) is 16.8 Å². The standard InChI is InChI=1S/C26H29N5O4/c1-26(2,28)13-21(32)30-19-12-11-17-5-3-4-6-20(17)31(25(19)34)14-16-7-9-18(10-8-16)23-22(24(27)33)29-15-35-23/h3-10,15,19H,11-14,28H2,1-2H3,(H2,27,33)(H,30,32)/t19-/m1/s1. The van der Waals surface area contributed by atoms with Crippen molar-refractivity contribution in [1.82, 2.24) is 10.3 Å². The first-order valence-corrected chi connectivity index (χ1v) is 11.4. The predicted octanol–water partition coefficient (Wildman–Crippen LogP) is 2.53. The van der Waals surface area contributed by atoms with Gasteiger partial charge in [-0.1, -0.05) is 42.5 Å². The van der Waals surface area contributed by atoms with E-state index in [-0.39, 0.29) is 23.9 Å². The molecule has 1 atom stereocenters. The summed E-state index contributed by atoms with van der Waals surface area (Å²) in [4.78, 5) is 43.3. The number of aryl methyl sites for hydroxylation is 1. The average Bonchev–Trinajstić information content (AvgIpc) is 3.25. The van der Waals surface area contributed by atoms with E-state index in [2.05, 4.69) is 10.3 Å². The highest BCUT2D eigenvalue weighted by molar-refractivity contribution is 6.00. The van der Waals surface area contributed by atoms with Gasteiger partial charge in [-0.05, 0) is 43.9 Å². The third-order valence-electron chi connectivity index (χ3n) is 5.86. The van der Waals surface area contributed by atoms with Gasteiger partial charge in [0.2, 0.25) is 11.8 Å². The first kappa shape index (κ1) is 24.2. The summed E-state index contributed by atoms with van der Waals surface area (Å²) >= 11 is 0. The van der Waals surface area contributed by atoms with Crippen LogP contribution in [-0.2, 0) is 22.6 Å². The van der Waals surface area contributed by atoms with Gasteiger partial charge in [0.25, 0.3) is 5.91 Å². The highest BCUT2D eigenvalue weighted by Gasteiger charge is 2.32. The summed E-state index contributed by atoms with van der Waals surface area (Å²) in [6.45, 7) is 3.86.